The van der Waals surface area contributed by atoms with Gasteiger partial charge in [-0.25, -0.2) is 14.2 Å². The Bertz CT molecular complexity index is 365. The zero-order valence-corrected chi connectivity index (χ0v) is 9.51. The Balaban J connectivity index is 3.03. The summed E-state index contributed by atoms with van der Waals surface area (Å²) >= 11 is 0. The third-order valence-corrected chi connectivity index (χ3v) is 2.31. The zero-order valence-electron chi connectivity index (χ0n) is 9.51. The maximum absolute atomic E-state index is 12.7. The second kappa shape index (κ2) is 4.92. The van der Waals surface area contributed by atoms with E-state index in [1.807, 2.05) is 13.8 Å². The van der Waals surface area contributed by atoms with E-state index < -0.39 is 17.8 Å². The van der Waals surface area contributed by atoms with Crippen molar-refractivity contribution in [3.63, 3.8) is 0 Å². The minimum atomic E-state index is -0.931. The molecular weight excluding hydrogens is 211 g/mol. The fourth-order valence-corrected chi connectivity index (χ4v) is 1.55. The molecule has 1 heterocycles. The highest BCUT2D eigenvalue weighted by molar-refractivity contribution is 5.77. The van der Waals surface area contributed by atoms with Crippen LogP contribution < -0.4 is 4.90 Å². The number of carboxylic acid groups (broad SMARTS) is 1. The van der Waals surface area contributed by atoms with Crippen molar-refractivity contribution in [2.24, 2.45) is 0 Å². The molecule has 1 aromatic rings. The second-order valence-corrected chi connectivity index (χ2v) is 3.85. The predicted octanol–water partition coefficient (Wildman–Crippen LogP) is 1.91. The summed E-state index contributed by atoms with van der Waals surface area (Å²) in [6.07, 6.45) is 1.08. The van der Waals surface area contributed by atoms with Crippen molar-refractivity contribution in [2.45, 2.75) is 32.9 Å². The fraction of sp³-hybridized carbons (Fsp3) is 0.455. The number of carbonyl (C=O) groups is 1. The van der Waals surface area contributed by atoms with E-state index in [2.05, 4.69) is 4.98 Å². The van der Waals surface area contributed by atoms with Gasteiger partial charge in [0.05, 0.1) is 6.20 Å². The van der Waals surface area contributed by atoms with Crippen LogP contribution in [-0.2, 0) is 4.79 Å². The van der Waals surface area contributed by atoms with Crippen molar-refractivity contribution in [3.8, 4) is 0 Å². The summed E-state index contributed by atoms with van der Waals surface area (Å²) in [4.78, 5) is 16.5. The highest BCUT2D eigenvalue weighted by Gasteiger charge is 2.24. The average molecular weight is 226 g/mol. The maximum Gasteiger partial charge on any atom is 0.326 e. The number of halogens is 1. The summed E-state index contributed by atoms with van der Waals surface area (Å²) in [6, 6.07) is 2.03. The number of anilines is 1. The maximum atomic E-state index is 12.7. The number of rotatable bonds is 4. The van der Waals surface area contributed by atoms with Crippen LogP contribution in [-0.4, -0.2) is 28.1 Å². The molecule has 0 amide bonds. The molecule has 0 aliphatic heterocycles. The molecule has 0 spiro atoms. The van der Waals surface area contributed by atoms with E-state index in [0.717, 1.165) is 6.20 Å². The third kappa shape index (κ3) is 2.68. The Hall–Kier alpha value is -1.65. The van der Waals surface area contributed by atoms with Gasteiger partial charge in [0.25, 0.3) is 0 Å². The summed E-state index contributed by atoms with van der Waals surface area (Å²) in [5, 5.41) is 8.97. The van der Waals surface area contributed by atoms with Gasteiger partial charge in [0, 0.05) is 6.04 Å². The van der Waals surface area contributed by atoms with Gasteiger partial charge in [-0.15, -0.1) is 0 Å². The van der Waals surface area contributed by atoms with Crippen LogP contribution in [0.3, 0.4) is 0 Å². The molecular formula is C11H15FN2O2. The zero-order chi connectivity index (χ0) is 12.3. The normalized spacial score (nSPS) is 12.6. The van der Waals surface area contributed by atoms with Crippen molar-refractivity contribution >= 4 is 11.8 Å². The largest absolute Gasteiger partial charge is 0.480 e. The molecule has 0 saturated carbocycles. The first-order valence-electron chi connectivity index (χ1n) is 5.06. The van der Waals surface area contributed by atoms with E-state index in [4.69, 9.17) is 5.11 Å². The van der Waals surface area contributed by atoms with Crippen LogP contribution in [0.1, 0.15) is 20.8 Å². The molecule has 0 fully saturated rings. The van der Waals surface area contributed by atoms with Crippen molar-refractivity contribution in [2.75, 3.05) is 4.90 Å². The number of hydrogen-bond acceptors (Lipinski definition) is 3. The molecule has 1 aromatic heterocycles. The summed E-state index contributed by atoms with van der Waals surface area (Å²) in [5.74, 6) is -0.901. The highest BCUT2D eigenvalue weighted by Crippen LogP contribution is 2.17. The van der Waals surface area contributed by atoms with Crippen molar-refractivity contribution in [3.05, 3.63) is 24.1 Å². The van der Waals surface area contributed by atoms with E-state index in [1.165, 1.54) is 12.1 Å². The lowest BCUT2D eigenvalue weighted by Gasteiger charge is -2.31. The number of hydrogen-bond donors (Lipinski definition) is 1. The summed E-state index contributed by atoms with van der Waals surface area (Å²) in [6.45, 7) is 5.31. The first-order chi connectivity index (χ1) is 7.43. The molecule has 88 valence electrons. The molecule has 0 aliphatic rings. The van der Waals surface area contributed by atoms with Gasteiger partial charge in [0.15, 0.2) is 0 Å². The number of aromatic nitrogens is 1. The number of pyridine rings is 1. The third-order valence-electron chi connectivity index (χ3n) is 2.31. The van der Waals surface area contributed by atoms with E-state index >= 15 is 0 Å². The van der Waals surface area contributed by atoms with Crippen LogP contribution in [0.2, 0.25) is 0 Å². The molecule has 0 bridgehead atoms. The van der Waals surface area contributed by atoms with Gasteiger partial charge in [-0.1, -0.05) is 0 Å². The molecule has 5 heteroatoms. The van der Waals surface area contributed by atoms with Crippen LogP contribution in [0.25, 0.3) is 0 Å². The second-order valence-electron chi connectivity index (χ2n) is 3.85. The van der Waals surface area contributed by atoms with Crippen LogP contribution in [0, 0.1) is 5.82 Å². The summed E-state index contributed by atoms with van der Waals surface area (Å²) in [5.41, 5.74) is 0. The molecule has 1 N–H and O–H groups in total. The summed E-state index contributed by atoms with van der Waals surface area (Å²) in [7, 11) is 0. The monoisotopic (exact) mass is 226 g/mol. The highest BCUT2D eigenvalue weighted by atomic mass is 19.1. The Labute approximate surface area is 93.7 Å². The van der Waals surface area contributed by atoms with E-state index in [9.17, 15) is 9.18 Å². The number of aliphatic carboxylic acids is 1. The first kappa shape index (κ1) is 12.4. The molecule has 1 rings (SSSR count). The van der Waals surface area contributed by atoms with Gasteiger partial charge in [0.2, 0.25) is 0 Å². The van der Waals surface area contributed by atoms with Crippen LogP contribution in [0.15, 0.2) is 18.3 Å². The molecule has 0 aromatic carbocycles. The van der Waals surface area contributed by atoms with Crippen LogP contribution in [0.5, 0.6) is 0 Å². The molecule has 0 saturated heterocycles. The topological polar surface area (TPSA) is 53.4 Å². The van der Waals surface area contributed by atoms with E-state index in [0.29, 0.717) is 5.82 Å². The minimum absolute atomic E-state index is 0.0240. The predicted molar refractivity (Wildman–Crippen MR) is 58.9 cm³/mol. The van der Waals surface area contributed by atoms with Crippen LogP contribution in [0.4, 0.5) is 10.2 Å². The van der Waals surface area contributed by atoms with Gasteiger partial charge in [-0.05, 0) is 32.9 Å². The number of nitrogens with zero attached hydrogens (tertiary/aromatic N) is 2. The van der Waals surface area contributed by atoms with Crippen molar-refractivity contribution < 1.29 is 14.3 Å². The van der Waals surface area contributed by atoms with Gasteiger partial charge in [-0.2, -0.15) is 0 Å². The van der Waals surface area contributed by atoms with E-state index in [-0.39, 0.29) is 6.04 Å². The SMILES string of the molecule is CC(C)N(c1ccc(F)cn1)C(C)C(=O)O. The Morgan fingerprint density at radius 2 is 2.06 bits per heavy atom. The molecule has 1 unspecified atom stereocenters. The number of carboxylic acids is 1. The fourth-order valence-electron chi connectivity index (χ4n) is 1.55. The molecule has 16 heavy (non-hydrogen) atoms. The Morgan fingerprint density at radius 1 is 1.44 bits per heavy atom. The van der Waals surface area contributed by atoms with Crippen molar-refractivity contribution in [1.29, 1.82) is 0 Å². The molecule has 0 radical (unpaired) electrons. The Morgan fingerprint density at radius 3 is 2.44 bits per heavy atom. The molecule has 1 atom stereocenters. The van der Waals surface area contributed by atoms with Crippen LogP contribution >= 0.6 is 0 Å². The summed E-state index contributed by atoms with van der Waals surface area (Å²) < 4.78 is 12.7. The lowest BCUT2D eigenvalue weighted by Crippen LogP contribution is -2.44. The minimum Gasteiger partial charge on any atom is -0.480 e. The molecule has 4 nitrogen and oxygen atoms in total. The Kier molecular flexibility index (Phi) is 3.82. The average Bonchev–Trinajstić information content (AvgIpc) is 2.20. The van der Waals surface area contributed by atoms with E-state index in [1.54, 1.807) is 11.8 Å². The lowest BCUT2D eigenvalue weighted by atomic mass is 10.2. The van der Waals surface area contributed by atoms with Gasteiger partial charge in [-0.3, -0.25) is 0 Å². The van der Waals surface area contributed by atoms with Crippen molar-refractivity contribution in [1.82, 2.24) is 4.98 Å². The first-order valence-corrected chi connectivity index (χ1v) is 5.06. The lowest BCUT2D eigenvalue weighted by molar-refractivity contribution is -0.138. The molecule has 0 aliphatic carbocycles. The quantitative estimate of drug-likeness (QED) is 0.852. The van der Waals surface area contributed by atoms with Gasteiger partial charge < -0.3 is 10.0 Å². The standard InChI is InChI=1S/C11H15FN2O2/c1-7(2)14(8(3)11(15)16)10-5-4-9(12)6-13-10/h4-8H,1-3H3,(H,15,16). The van der Waals surface area contributed by atoms with Gasteiger partial charge in [0.1, 0.15) is 17.7 Å². The smallest absolute Gasteiger partial charge is 0.326 e. The van der Waals surface area contributed by atoms with Gasteiger partial charge >= 0.3 is 5.97 Å².